The maximum atomic E-state index is 12.4. The summed E-state index contributed by atoms with van der Waals surface area (Å²) in [6, 6.07) is 5.25. The zero-order valence-corrected chi connectivity index (χ0v) is 14.3. The molecule has 25 heavy (non-hydrogen) atoms. The Kier molecular flexibility index (Phi) is 4.53. The van der Waals surface area contributed by atoms with Crippen LogP contribution in [-0.4, -0.2) is 34.1 Å². The molecule has 0 saturated carbocycles. The van der Waals surface area contributed by atoms with E-state index in [0.29, 0.717) is 16.8 Å². The lowest BCUT2D eigenvalue weighted by Gasteiger charge is -2.20. The Morgan fingerprint density at radius 1 is 1.32 bits per heavy atom. The van der Waals surface area contributed by atoms with E-state index in [1.807, 2.05) is 12.3 Å². The number of carbonyl (C=O) groups excluding carboxylic acids is 1. The van der Waals surface area contributed by atoms with E-state index in [4.69, 9.17) is 4.52 Å². The van der Waals surface area contributed by atoms with Crippen LogP contribution in [0.3, 0.4) is 0 Å². The van der Waals surface area contributed by atoms with Gasteiger partial charge in [0.2, 0.25) is 0 Å². The Labute approximate surface area is 148 Å². The summed E-state index contributed by atoms with van der Waals surface area (Å²) < 4.78 is 5.24. The van der Waals surface area contributed by atoms with Crippen LogP contribution in [0, 0.1) is 0 Å². The summed E-state index contributed by atoms with van der Waals surface area (Å²) in [7, 11) is 0. The number of anilines is 1. The van der Waals surface area contributed by atoms with E-state index < -0.39 is 0 Å². The molecule has 0 aromatic carbocycles. The van der Waals surface area contributed by atoms with Gasteiger partial charge in [-0.25, -0.2) is 4.98 Å². The first-order chi connectivity index (χ1) is 12.3. The highest BCUT2D eigenvalue weighted by Gasteiger charge is 2.19. The first-order valence-corrected chi connectivity index (χ1v) is 8.96. The molecular weight excluding hydrogens is 338 g/mol. The van der Waals surface area contributed by atoms with Gasteiger partial charge in [0.05, 0.1) is 0 Å². The number of piperidine rings is 1. The number of carbonyl (C=O) groups is 1. The van der Waals surface area contributed by atoms with E-state index in [1.54, 1.807) is 24.5 Å². The van der Waals surface area contributed by atoms with Crippen molar-refractivity contribution in [1.82, 2.24) is 20.4 Å². The van der Waals surface area contributed by atoms with E-state index in [2.05, 4.69) is 25.8 Å². The quantitative estimate of drug-likeness (QED) is 0.747. The lowest BCUT2D eigenvalue weighted by atomic mass is 9.97. The summed E-state index contributed by atoms with van der Waals surface area (Å²) in [5.74, 6) is 0.700. The van der Waals surface area contributed by atoms with Crippen molar-refractivity contribution in [3.05, 3.63) is 47.4 Å². The van der Waals surface area contributed by atoms with Crippen LogP contribution in [0.5, 0.6) is 0 Å². The molecule has 8 heteroatoms. The van der Waals surface area contributed by atoms with Gasteiger partial charge in [0, 0.05) is 35.1 Å². The van der Waals surface area contributed by atoms with Gasteiger partial charge in [0.1, 0.15) is 0 Å². The minimum Gasteiger partial charge on any atom is -0.355 e. The number of thiazole rings is 1. The second-order valence-electron chi connectivity index (χ2n) is 5.86. The summed E-state index contributed by atoms with van der Waals surface area (Å²) in [6.07, 6.45) is 7.41. The third kappa shape index (κ3) is 3.59. The molecule has 1 aliphatic heterocycles. The van der Waals surface area contributed by atoms with Crippen LogP contribution in [0.1, 0.15) is 34.1 Å². The molecule has 1 saturated heterocycles. The summed E-state index contributed by atoms with van der Waals surface area (Å²) in [5, 5.41) is 10.6. The Bertz CT molecular complexity index is 855. The number of rotatable bonds is 4. The first-order valence-electron chi connectivity index (χ1n) is 8.14. The Balaban J connectivity index is 1.44. The van der Waals surface area contributed by atoms with Crippen LogP contribution in [0.4, 0.5) is 5.13 Å². The number of nitrogens with one attached hydrogen (secondary N) is 2. The van der Waals surface area contributed by atoms with Gasteiger partial charge in [-0.1, -0.05) is 5.16 Å². The van der Waals surface area contributed by atoms with Gasteiger partial charge in [0.25, 0.3) is 5.91 Å². The molecular formula is C17H17N5O2S. The van der Waals surface area contributed by atoms with Gasteiger partial charge >= 0.3 is 0 Å². The molecule has 1 amide bonds. The third-order valence-electron chi connectivity index (χ3n) is 4.17. The van der Waals surface area contributed by atoms with Crippen LogP contribution in [0.2, 0.25) is 0 Å². The van der Waals surface area contributed by atoms with E-state index in [9.17, 15) is 4.79 Å². The molecule has 4 rings (SSSR count). The minimum atomic E-state index is -0.329. The zero-order valence-electron chi connectivity index (χ0n) is 13.4. The third-order valence-corrected chi connectivity index (χ3v) is 5.25. The lowest BCUT2D eigenvalue weighted by Crippen LogP contribution is -2.26. The molecule has 0 radical (unpaired) electrons. The van der Waals surface area contributed by atoms with Crippen LogP contribution in [-0.2, 0) is 0 Å². The summed E-state index contributed by atoms with van der Waals surface area (Å²) in [5.41, 5.74) is 0.994. The smallest absolute Gasteiger partial charge is 0.279 e. The molecule has 1 aliphatic rings. The zero-order chi connectivity index (χ0) is 17.1. The van der Waals surface area contributed by atoms with Crippen LogP contribution < -0.4 is 10.6 Å². The van der Waals surface area contributed by atoms with Gasteiger partial charge in [-0.2, -0.15) is 0 Å². The number of hydrogen-bond donors (Lipinski definition) is 2. The van der Waals surface area contributed by atoms with Crippen molar-refractivity contribution in [3.8, 4) is 11.3 Å². The second-order valence-corrected chi connectivity index (χ2v) is 6.93. The highest BCUT2D eigenvalue weighted by molar-refractivity contribution is 7.15. The molecule has 0 aliphatic carbocycles. The molecule has 0 spiro atoms. The van der Waals surface area contributed by atoms with Gasteiger partial charge in [-0.3, -0.25) is 15.1 Å². The van der Waals surface area contributed by atoms with Crippen molar-refractivity contribution in [2.24, 2.45) is 0 Å². The molecule has 0 atom stereocenters. The van der Waals surface area contributed by atoms with Crippen molar-refractivity contribution >= 4 is 22.4 Å². The Morgan fingerprint density at radius 2 is 2.20 bits per heavy atom. The summed E-state index contributed by atoms with van der Waals surface area (Å²) in [6.45, 7) is 2.06. The van der Waals surface area contributed by atoms with Crippen molar-refractivity contribution in [2.45, 2.75) is 18.8 Å². The van der Waals surface area contributed by atoms with Crippen LogP contribution in [0.15, 0.2) is 41.3 Å². The van der Waals surface area contributed by atoms with Gasteiger partial charge in [0.15, 0.2) is 16.6 Å². The number of hydrogen-bond acceptors (Lipinski definition) is 7. The monoisotopic (exact) mass is 355 g/mol. The average Bonchev–Trinajstić information content (AvgIpc) is 3.33. The maximum absolute atomic E-state index is 12.4. The van der Waals surface area contributed by atoms with Crippen LogP contribution in [0.25, 0.3) is 11.3 Å². The number of aromatic nitrogens is 3. The fourth-order valence-electron chi connectivity index (χ4n) is 2.83. The number of pyridine rings is 1. The van der Waals surface area contributed by atoms with Gasteiger partial charge in [-0.15, -0.1) is 11.3 Å². The second kappa shape index (κ2) is 7.12. The maximum Gasteiger partial charge on any atom is 0.279 e. The van der Waals surface area contributed by atoms with Crippen molar-refractivity contribution in [1.29, 1.82) is 0 Å². The molecule has 4 heterocycles. The number of amides is 1. The molecule has 3 aromatic rings. The fraction of sp³-hybridized carbons (Fsp3) is 0.294. The Morgan fingerprint density at radius 3 is 3.00 bits per heavy atom. The fourth-order valence-corrected chi connectivity index (χ4v) is 3.81. The molecule has 128 valence electrons. The Hall–Kier alpha value is -2.58. The van der Waals surface area contributed by atoms with E-state index in [1.165, 1.54) is 16.2 Å². The van der Waals surface area contributed by atoms with Gasteiger partial charge in [-0.05, 0) is 44.0 Å². The molecule has 3 aromatic heterocycles. The van der Waals surface area contributed by atoms with Crippen LogP contribution >= 0.6 is 11.3 Å². The SMILES string of the molecule is O=C(Nc1ncc(C2CCNCC2)s1)c1cc(-c2cccnc2)on1. The summed E-state index contributed by atoms with van der Waals surface area (Å²) >= 11 is 1.53. The number of nitrogens with zero attached hydrogens (tertiary/aromatic N) is 3. The topological polar surface area (TPSA) is 92.9 Å². The van der Waals surface area contributed by atoms with E-state index >= 15 is 0 Å². The first kappa shape index (κ1) is 15.9. The normalized spacial score (nSPS) is 15.2. The lowest BCUT2D eigenvalue weighted by molar-refractivity contribution is 0.101. The summed E-state index contributed by atoms with van der Waals surface area (Å²) in [4.78, 5) is 21.9. The highest BCUT2D eigenvalue weighted by atomic mass is 32.1. The molecule has 2 N–H and O–H groups in total. The minimum absolute atomic E-state index is 0.220. The predicted molar refractivity (Wildman–Crippen MR) is 94.6 cm³/mol. The molecule has 1 fully saturated rings. The highest BCUT2D eigenvalue weighted by Crippen LogP contribution is 2.31. The van der Waals surface area contributed by atoms with E-state index in [0.717, 1.165) is 31.5 Å². The molecule has 0 bridgehead atoms. The van der Waals surface area contributed by atoms with Gasteiger partial charge < -0.3 is 9.84 Å². The largest absolute Gasteiger partial charge is 0.355 e. The van der Waals surface area contributed by atoms with Crippen molar-refractivity contribution in [3.63, 3.8) is 0 Å². The van der Waals surface area contributed by atoms with Crippen molar-refractivity contribution < 1.29 is 9.32 Å². The average molecular weight is 355 g/mol. The predicted octanol–water partition coefficient (Wildman–Crippen LogP) is 2.91. The standard InChI is InChI=1S/C17H17N5O2S/c23-16(13-8-14(24-22-13)12-2-1-5-19-9-12)21-17-20-10-15(25-17)11-3-6-18-7-4-11/h1-2,5,8-11,18H,3-4,6-7H2,(H,20,21,23). The molecule has 7 nitrogen and oxygen atoms in total. The molecule has 0 unspecified atom stereocenters. The van der Waals surface area contributed by atoms with Crippen molar-refractivity contribution in [2.75, 3.05) is 18.4 Å². The van der Waals surface area contributed by atoms with E-state index in [-0.39, 0.29) is 11.6 Å².